The van der Waals surface area contributed by atoms with Gasteiger partial charge in [-0.3, -0.25) is 4.79 Å². The van der Waals surface area contributed by atoms with Crippen LogP contribution in [-0.2, 0) is 9.53 Å². The van der Waals surface area contributed by atoms with Crippen molar-refractivity contribution in [2.75, 3.05) is 27.2 Å². The molecule has 3 atom stereocenters. The number of methoxy groups -OCH3 is 1. The van der Waals surface area contributed by atoms with E-state index >= 15 is 0 Å². The van der Waals surface area contributed by atoms with E-state index in [1.807, 2.05) is 6.92 Å². The molecule has 0 saturated heterocycles. The highest BCUT2D eigenvalue weighted by molar-refractivity contribution is 5.75. The molecule has 4 nitrogen and oxygen atoms in total. The van der Waals surface area contributed by atoms with Crippen LogP contribution in [0.15, 0.2) is 0 Å². The van der Waals surface area contributed by atoms with E-state index in [0.29, 0.717) is 6.04 Å². The highest BCUT2D eigenvalue weighted by Gasteiger charge is 2.26. The fraction of sp³-hybridized carbons (Fsp3) is 0.929. The predicted octanol–water partition coefficient (Wildman–Crippen LogP) is 1.65. The Morgan fingerprint density at radius 1 is 1.50 bits per heavy atom. The van der Waals surface area contributed by atoms with Crippen LogP contribution >= 0.6 is 0 Å². The Balaban J connectivity index is 2.49. The molecule has 0 radical (unpaired) electrons. The number of esters is 1. The molecule has 0 bridgehead atoms. The predicted molar refractivity (Wildman–Crippen MR) is 73.5 cm³/mol. The first-order valence-corrected chi connectivity index (χ1v) is 7.09. The summed E-state index contributed by atoms with van der Waals surface area (Å²) in [5.74, 6) is 0.648. The summed E-state index contributed by atoms with van der Waals surface area (Å²) < 4.78 is 4.85. The number of hydrogen-bond acceptors (Lipinski definition) is 4. The Kier molecular flexibility index (Phi) is 6.65. The molecule has 4 heteroatoms. The van der Waals surface area contributed by atoms with Gasteiger partial charge in [0.1, 0.15) is 6.04 Å². The zero-order valence-electron chi connectivity index (χ0n) is 12.2. The minimum absolute atomic E-state index is 0.160. The molecule has 1 N–H and O–H groups in total. The van der Waals surface area contributed by atoms with Gasteiger partial charge in [-0.1, -0.05) is 26.7 Å². The summed E-state index contributed by atoms with van der Waals surface area (Å²) in [7, 11) is 3.57. The van der Waals surface area contributed by atoms with Gasteiger partial charge in [-0.25, -0.2) is 0 Å². The molecule has 3 unspecified atom stereocenters. The van der Waals surface area contributed by atoms with Gasteiger partial charge in [0.25, 0.3) is 0 Å². The molecule has 106 valence electrons. The standard InChI is InChI=1S/C14H28N2O2/c1-5-15-13(14(17)18-4)10-16(3)12-8-6-7-11(2)9-12/h11-13,15H,5-10H2,1-4H3. The van der Waals surface area contributed by atoms with E-state index < -0.39 is 0 Å². The third kappa shape index (κ3) is 4.58. The first-order valence-electron chi connectivity index (χ1n) is 7.09. The second-order valence-corrected chi connectivity index (χ2v) is 5.50. The number of nitrogens with one attached hydrogen (secondary N) is 1. The first kappa shape index (κ1) is 15.4. The number of nitrogens with zero attached hydrogens (tertiary/aromatic N) is 1. The van der Waals surface area contributed by atoms with Crippen LogP contribution in [0.4, 0.5) is 0 Å². The molecule has 0 spiro atoms. The lowest BCUT2D eigenvalue weighted by atomic mass is 9.86. The molecule has 1 aliphatic carbocycles. The molecular weight excluding hydrogens is 228 g/mol. The van der Waals surface area contributed by atoms with E-state index in [0.717, 1.165) is 19.0 Å². The van der Waals surface area contributed by atoms with Gasteiger partial charge in [-0.05, 0) is 32.4 Å². The number of likely N-dealkylation sites (N-methyl/N-ethyl adjacent to an activating group) is 2. The van der Waals surface area contributed by atoms with Crippen molar-refractivity contribution in [1.29, 1.82) is 0 Å². The van der Waals surface area contributed by atoms with Crippen molar-refractivity contribution in [1.82, 2.24) is 10.2 Å². The summed E-state index contributed by atoms with van der Waals surface area (Å²) >= 11 is 0. The maximum atomic E-state index is 11.7. The summed E-state index contributed by atoms with van der Waals surface area (Å²) in [6.45, 7) is 5.85. The van der Waals surface area contributed by atoms with Crippen molar-refractivity contribution in [3.63, 3.8) is 0 Å². The summed E-state index contributed by atoms with van der Waals surface area (Å²) in [5.41, 5.74) is 0. The van der Waals surface area contributed by atoms with Gasteiger partial charge in [0, 0.05) is 12.6 Å². The fourth-order valence-corrected chi connectivity index (χ4v) is 2.85. The van der Waals surface area contributed by atoms with Crippen LogP contribution in [0, 0.1) is 5.92 Å². The van der Waals surface area contributed by atoms with Gasteiger partial charge in [0.15, 0.2) is 0 Å². The minimum Gasteiger partial charge on any atom is -0.468 e. The molecule has 0 amide bonds. The smallest absolute Gasteiger partial charge is 0.324 e. The lowest BCUT2D eigenvalue weighted by Crippen LogP contribution is -2.49. The van der Waals surface area contributed by atoms with Crippen LogP contribution in [0.25, 0.3) is 0 Å². The van der Waals surface area contributed by atoms with Gasteiger partial charge >= 0.3 is 5.97 Å². The highest BCUT2D eigenvalue weighted by Crippen LogP contribution is 2.26. The van der Waals surface area contributed by atoms with Crippen molar-refractivity contribution >= 4 is 5.97 Å². The molecule has 0 aromatic carbocycles. The van der Waals surface area contributed by atoms with Gasteiger partial charge < -0.3 is 15.0 Å². The second kappa shape index (κ2) is 7.74. The maximum absolute atomic E-state index is 11.7. The number of rotatable bonds is 6. The van der Waals surface area contributed by atoms with Crippen molar-refractivity contribution in [3.05, 3.63) is 0 Å². The Morgan fingerprint density at radius 2 is 2.22 bits per heavy atom. The Hall–Kier alpha value is -0.610. The molecule has 1 aliphatic rings. The number of carbonyl (C=O) groups is 1. The van der Waals surface area contributed by atoms with E-state index in [-0.39, 0.29) is 12.0 Å². The SMILES string of the molecule is CCNC(CN(C)C1CCCC(C)C1)C(=O)OC. The quantitative estimate of drug-likeness (QED) is 0.734. The van der Waals surface area contributed by atoms with Crippen molar-refractivity contribution in [2.45, 2.75) is 51.6 Å². The maximum Gasteiger partial charge on any atom is 0.324 e. The first-order chi connectivity index (χ1) is 8.58. The van der Waals surface area contributed by atoms with Gasteiger partial charge in [0.05, 0.1) is 7.11 Å². The largest absolute Gasteiger partial charge is 0.468 e. The van der Waals surface area contributed by atoms with Crippen LogP contribution in [-0.4, -0.2) is 50.2 Å². The zero-order valence-corrected chi connectivity index (χ0v) is 12.2. The van der Waals surface area contributed by atoms with Crippen molar-refractivity contribution in [2.24, 2.45) is 5.92 Å². The molecule has 1 saturated carbocycles. The molecule has 0 aliphatic heterocycles. The highest BCUT2D eigenvalue weighted by atomic mass is 16.5. The number of ether oxygens (including phenoxy) is 1. The Labute approximate surface area is 111 Å². The van der Waals surface area contributed by atoms with E-state index in [1.165, 1.54) is 32.8 Å². The summed E-state index contributed by atoms with van der Waals surface area (Å²) in [6, 6.07) is 0.404. The van der Waals surface area contributed by atoms with E-state index in [2.05, 4.69) is 24.2 Å². The lowest BCUT2D eigenvalue weighted by Gasteiger charge is -2.35. The summed E-state index contributed by atoms with van der Waals surface area (Å²) in [6.07, 6.45) is 5.15. The second-order valence-electron chi connectivity index (χ2n) is 5.50. The summed E-state index contributed by atoms with van der Waals surface area (Å²) in [4.78, 5) is 14.0. The molecule has 1 fully saturated rings. The molecule has 18 heavy (non-hydrogen) atoms. The molecule has 1 rings (SSSR count). The van der Waals surface area contributed by atoms with E-state index in [9.17, 15) is 4.79 Å². The van der Waals surface area contributed by atoms with Crippen LogP contribution in [0.5, 0.6) is 0 Å². The third-order valence-electron chi connectivity index (χ3n) is 3.94. The van der Waals surface area contributed by atoms with Crippen molar-refractivity contribution < 1.29 is 9.53 Å². The fourth-order valence-electron chi connectivity index (χ4n) is 2.85. The van der Waals surface area contributed by atoms with Gasteiger partial charge in [-0.15, -0.1) is 0 Å². The molecule has 0 aromatic rings. The van der Waals surface area contributed by atoms with Crippen LogP contribution < -0.4 is 5.32 Å². The number of hydrogen-bond donors (Lipinski definition) is 1. The number of carbonyl (C=O) groups excluding carboxylic acids is 1. The van der Waals surface area contributed by atoms with Gasteiger partial charge in [-0.2, -0.15) is 0 Å². The monoisotopic (exact) mass is 256 g/mol. The molecule has 0 heterocycles. The molecular formula is C14H28N2O2. The average molecular weight is 256 g/mol. The van der Waals surface area contributed by atoms with Gasteiger partial charge in [0.2, 0.25) is 0 Å². The minimum atomic E-state index is -0.206. The Bertz CT molecular complexity index is 258. The lowest BCUT2D eigenvalue weighted by molar-refractivity contribution is -0.143. The summed E-state index contributed by atoms with van der Waals surface area (Å²) in [5, 5.41) is 3.20. The van der Waals surface area contributed by atoms with Crippen LogP contribution in [0.3, 0.4) is 0 Å². The van der Waals surface area contributed by atoms with Crippen LogP contribution in [0.1, 0.15) is 39.5 Å². The van der Waals surface area contributed by atoms with Crippen molar-refractivity contribution in [3.8, 4) is 0 Å². The topological polar surface area (TPSA) is 41.6 Å². The van der Waals surface area contributed by atoms with E-state index in [1.54, 1.807) is 0 Å². The Morgan fingerprint density at radius 3 is 2.78 bits per heavy atom. The average Bonchev–Trinajstić information content (AvgIpc) is 2.37. The normalized spacial score (nSPS) is 26.1. The third-order valence-corrected chi connectivity index (χ3v) is 3.94. The zero-order chi connectivity index (χ0) is 13.5. The van der Waals surface area contributed by atoms with Crippen LogP contribution in [0.2, 0.25) is 0 Å². The molecule has 0 aromatic heterocycles. The van der Waals surface area contributed by atoms with E-state index in [4.69, 9.17) is 4.74 Å².